The molecule has 2 aliphatic rings. The number of nitrogens with zero attached hydrogens (tertiary/aromatic N) is 3. The van der Waals surface area contributed by atoms with E-state index in [0.29, 0.717) is 24.0 Å². The molecular formula is C23H38N4O3. The number of nitrogens with one attached hydrogen (secondary N) is 1. The summed E-state index contributed by atoms with van der Waals surface area (Å²) in [4.78, 5) is 9.72. The van der Waals surface area contributed by atoms with Crippen molar-refractivity contribution in [2.24, 2.45) is 10.9 Å². The van der Waals surface area contributed by atoms with Crippen LogP contribution in [-0.2, 0) is 0 Å². The number of hydrogen-bond donors (Lipinski definition) is 2. The Hall–Kier alpha value is -1.99. The van der Waals surface area contributed by atoms with Crippen molar-refractivity contribution < 1.29 is 14.6 Å². The molecule has 0 spiro atoms. The van der Waals surface area contributed by atoms with E-state index in [1.165, 1.54) is 45.3 Å². The summed E-state index contributed by atoms with van der Waals surface area (Å²) in [6.07, 6.45) is 4.58. The van der Waals surface area contributed by atoms with Gasteiger partial charge in [-0.2, -0.15) is 0 Å². The van der Waals surface area contributed by atoms with Crippen LogP contribution in [0.2, 0.25) is 0 Å². The summed E-state index contributed by atoms with van der Waals surface area (Å²) in [6, 6.07) is 5.49. The lowest BCUT2D eigenvalue weighted by molar-refractivity contribution is 0.185. The van der Waals surface area contributed by atoms with Crippen molar-refractivity contribution in [1.82, 2.24) is 15.1 Å². The van der Waals surface area contributed by atoms with Crippen molar-refractivity contribution in [2.45, 2.75) is 38.7 Å². The Morgan fingerprint density at radius 3 is 2.63 bits per heavy atom. The standard InChI is InChI=1S/C23H38N4O3/c1-4-24-23(27-13-10-18(17-27)16-26-11-6-5-7-12-26)25-15-20(28)19-8-9-21(29-2)22(14-19)30-3/h8-9,14,18,20,28H,4-7,10-13,15-17H2,1-3H3,(H,24,25). The maximum absolute atomic E-state index is 10.7. The van der Waals surface area contributed by atoms with E-state index in [4.69, 9.17) is 14.5 Å². The Morgan fingerprint density at radius 1 is 1.17 bits per heavy atom. The molecule has 0 radical (unpaired) electrons. The molecule has 3 rings (SSSR count). The SMILES string of the molecule is CCNC(=NCC(O)c1ccc(OC)c(OC)c1)N1CCC(CN2CCCCC2)C1. The van der Waals surface area contributed by atoms with E-state index < -0.39 is 6.10 Å². The van der Waals surface area contributed by atoms with Crippen LogP contribution in [-0.4, -0.2) is 80.9 Å². The second-order valence-electron chi connectivity index (χ2n) is 8.29. The summed E-state index contributed by atoms with van der Waals surface area (Å²) in [5.74, 6) is 2.87. The second-order valence-corrected chi connectivity index (χ2v) is 8.29. The maximum Gasteiger partial charge on any atom is 0.194 e. The molecule has 1 aromatic rings. The Kier molecular flexibility index (Phi) is 8.63. The van der Waals surface area contributed by atoms with E-state index >= 15 is 0 Å². The highest BCUT2D eigenvalue weighted by molar-refractivity contribution is 5.80. The Labute approximate surface area is 181 Å². The zero-order valence-electron chi connectivity index (χ0n) is 18.8. The predicted molar refractivity (Wildman–Crippen MR) is 120 cm³/mol. The molecule has 168 valence electrons. The van der Waals surface area contributed by atoms with E-state index in [0.717, 1.165) is 31.2 Å². The van der Waals surface area contributed by atoms with Crippen LogP contribution in [0, 0.1) is 5.92 Å². The number of rotatable bonds is 8. The van der Waals surface area contributed by atoms with Gasteiger partial charge in [0, 0.05) is 26.2 Å². The first-order valence-corrected chi connectivity index (χ1v) is 11.3. The molecule has 1 aromatic carbocycles. The number of ether oxygens (including phenoxy) is 2. The predicted octanol–water partition coefficient (Wildman–Crippen LogP) is 2.51. The van der Waals surface area contributed by atoms with Crippen LogP contribution in [0.15, 0.2) is 23.2 Å². The van der Waals surface area contributed by atoms with Crippen LogP contribution in [0.25, 0.3) is 0 Å². The molecule has 7 heteroatoms. The molecule has 0 bridgehead atoms. The summed E-state index contributed by atoms with van der Waals surface area (Å²) in [5, 5.41) is 14.1. The van der Waals surface area contributed by atoms with Crippen LogP contribution in [0.5, 0.6) is 11.5 Å². The molecule has 0 aromatic heterocycles. The minimum absolute atomic E-state index is 0.311. The van der Waals surface area contributed by atoms with Crippen molar-refractivity contribution in [3.8, 4) is 11.5 Å². The third kappa shape index (κ3) is 6.01. The molecule has 2 N–H and O–H groups in total. The number of benzene rings is 1. The van der Waals surface area contributed by atoms with E-state index in [-0.39, 0.29) is 0 Å². The molecule has 2 fully saturated rings. The summed E-state index contributed by atoms with van der Waals surface area (Å²) in [5.41, 5.74) is 0.775. The molecule has 2 unspecified atom stereocenters. The van der Waals surface area contributed by atoms with Gasteiger partial charge in [0.15, 0.2) is 17.5 Å². The number of aliphatic imine (C=N–C) groups is 1. The number of likely N-dealkylation sites (tertiary alicyclic amines) is 2. The maximum atomic E-state index is 10.7. The minimum atomic E-state index is -0.690. The molecule has 7 nitrogen and oxygen atoms in total. The summed E-state index contributed by atoms with van der Waals surface area (Å²) >= 11 is 0. The van der Waals surface area contributed by atoms with Gasteiger partial charge in [0.1, 0.15) is 0 Å². The highest BCUT2D eigenvalue weighted by atomic mass is 16.5. The molecule has 0 saturated carbocycles. The lowest BCUT2D eigenvalue weighted by Crippen LogP contribution is -2.41. The topological polar surface area (TPSA) is 69.6 Å². The normalized spacial score (nSPS) is 21.5. The lowest BCUT2D eigenvalue weighted by Gasteiger charge is -2.29. The number of aliphatic hydroxyl groups excluding tert-OH is 1. The lowest BCUT2D eigenvalue weighted by atomic mass is 10.1. The minimum Gasteiger partial charge on any atom is -0.493 e. The van der Waals surface area contributed by atoms with Crippen molar-refractivity contribution in [3.63, 3.8) is 0 Å². The van der Waals surface area contributed by atoms with Gasteiger partial charge in [-0.25, -0.2) is 0 Å². The average molecular weight is 419 g/mol. The van der Waals surface area contributed by atoms with Gasteiger partial charge >= 0.3 is 0 Å². The van der Waals surface area contributed by atoms with E-state index in [1.807, 2.05) is 18.2 Å². The third-order valence-corrected chi connectivity index (χ3v) is 6.09. The fourth-order valence-corrected chi connectivity index (χ4v) is 4.45. The number of methoxy groups -OCH3 is 2. The molecular weight excluding hydrogens is 380 g/mol. The molecule has 2 saturated heterocycles. The third-order valence-electron chi connectivity index (χ3n) is 6.09. The number of piperidine rings is 1. The first-order chi connectivity index (χ1) is 14.6. The Bertz CT molecular complexity index is 691. The summed E-state index contributed by atoms with van der Waals surface area (Å²) in [6.45, 7) is 8.98. The van der Waals surface area contributed by atoms with Crippen LogP contribution >= 0.6 is 0 Å². The number of guanidine groups is 1. The Balaban J connectivity index is 1.58. The molecule has 0 amide bonds. The van der Waals surface area contributed by atoms with Crippen LogP contribution < -0.4 is 14.8 Å². The molecule has 2 aliphatic heterocycles. The van der Waals surface area contributed by atoms with E-state index in [9.17, 15) is 5.11 Å². The van der Waals surface area contributed by atoms with Crippen molar-refractivity contribution in [3.05, 3.63) is 23.8 Å². The van der Waals surface area contributed by atoms with Crippen molar-refractivity contribution in [1.29, 1.82) is 0 Å². The Morgan fingerprint density at radius 2 is 1.93 bits per heavy atom. The fraction of sp³-hybridized carbons (Fsp3) is 0.696. The molecule has 2 heterocycles. The van der Waals surface area contributed by atoms with Crippen LogP contribution in [0.1, 0.15) is 44.3 Å². The zero-order chi connectivity index (χ0) is 21.3. The monoisotopic (exact) mass is 418 g/mol. The number of hydrogen-bond acceptors (Lipinski definition) is 5. The van der Waals surface area contributed by atoms with Gasteiger partial charge in [0.25, 0.3) is 0 Å². The van der Waals surface area contributed by atoms with E-state index in [2.05, 4.69) is 22.0 Å². The average Bonchev–Trinajstić information content (AvgIpc) is 3.24. The van der Waals surface area contributed by atoms with Gasteiger partial charge in [-0.3, -0.25) is 4.99 Å². The quantitative estimate of drug-likeness (QED) is 0.499. The summed E-state index contributed by atoms with van der Waals surface area (Å²) in [7, 11) is 3.21. The second kappa shape index (κ2) is 11.4. The first-order valence-electron chi connectivity index (χ1n) is 11.3. The smallest absolute Gasteiger partial charge is 0.194 e. The van der Waals surface area contributed by atoms with Gasteiger partial charge in [-0.1, -0.05) is 12.5 Å². The van der Waals surface area contributed by atoms with Gasteiger partial charge in [0.05, 0.1) is 26.9 Å². The van der Waals surface area contributed by atoms with Gasteiger partial charge in [0.2, 0.25) is 0 Å². The highest BCUT2D eigenvalue weighted by Crippen LogP contribution is 2.30. The van der Waals surface area contributed by atoms with Crippen LogP contribution in [0.4, 0.5) is 0 Å². The molecule has 0 aliphatic carbocycles. The van der Waals surface area contributed by atoms with E-state index in [1.54, 1.807) is 14.2 Å². The highest BCUT2D eigenvalue weighted by Gasteiger charge is 2.27. The van der Waals surface area contributed by atoms with Crippen molar-refractivity contribution in [2.75, 3.05) is 60.0 Å². The summed E-state index contributed by atoms with van der Waals surface area (Å²) < 4.78 is 10.6. The molecule has 30 heavy (non-hydrogen) atoms. The largest absolute Gasteiger partial charge is 0.493 e. The van der Waals surface area contributed by atoms with Crippen LogP contribution in [0.3, 0.4) is 0 Å². The first kappa shape index (κ1) is 22.7. The van der Waals surface area contributed by atoms with Gasteiger partial charge < -0.3 is 29.7 Å². The van der Waals surface area contributed by atoms with Gasteiger partial charge in [-0.15, -0.1) is 0 Å². The molecule has 2 atom stereocenters. The van der Waals surface area contributed by atoms with Crippen molar-refractivity contribution >= 4 is 5.96 Å². The zero-order valence-corrected chi connectivity index (χ0v) is 18.8. The van der Waals surface area contributed by atoms with Gasteiger partial charge in [-0.05, 0) is 62.9 Å². The number of aliphatic hydroxyl groups is 1. The fourth-order valence-electron chi connectivity index (χ4n) is 4.45.